The molecule has 3 heterocycles. The quantitative estimate of drug-likeness (QED) is 0.587. The van der Waals surface area contributed by atoms with E-state index in [-0.39, 0.29) is 4.90 Å². The number of nitrogens with one attached hydrogen (secondary N) is 1. The van der Waals surface area contributed by atoms with Crippen molar-refractivity contribution in [3.8, 4) is 10.6 Å². The van der Waals surface area contributed by atoms with Crippen LogP contribution in [0.2, 0.25) is 0 Å². The molecular weight excluding hydrogens is 354 g/mol. The van der Waals surface area contributed by atoms with E-state index < -0.39 is 10.0 Å². The smallest absolute Gasteiger partial charge is 0.263 e. The average Bonchev–Trinajstić information content (AvgIpc) is 3.23. The van der Waals surface area contributed by atoms with Crippen molar-refractivity contribution >= 4 is 32.8 Å². The Labute approximate surface area is 149 Å². The first-order valence-corrected chi connectivity index (χ1v) is 10.0. The Morgan fingerprint density at radius 3 is 2.56 bits per heavy atom. The van der Waals surface area contributed by atoms with E-state index in [1.165, 1.54) is 11.3 Å². The Morgan fingerprint density at radius 2 is 1.84 bits per heavy atom. The van der Waals surface area contributed by atoms with Crippen molar-refractivity contribution in [1.82, 2.24) is 9.38 Å². The van der Waals surface area contributed by atoms with Crippen LogP contribution in [-0.4, -0.2) is 17.8 Å². The number of nitrogens with zero attached hydrogens (tertiary/aromatic N) is 2. The second kappa shape index (κ2) is 6.02. The molecule has 0 radical (unpaired) electrons. The van der Waals surface area contributed by atoms with E-state index >= 15 is 0 Å². The molecule has 0 aliphatic carbocycles. The van der Waals surface area contributed by atoms with Gasteiger partial charge in [-0.25, -0.2) is 13.4 Å². The summed E-state index contributed by atoms with van der Waals surface area (Å²) in [5.74, 6) is 0.443. The van der Waals surface area contributed by atoms with E-state index in [0.29, 0.717) is 17.2 Å². The summed E-state index contributed by atoms with van der Waals surface area (Å²) in [6.07, 6.45) is 1.80. The molecule has 0 atom stereocenters. The van der Waals surface area contributed by atoms with Crippen LogP contribution in [0, 0.1) is 6.92 Å². The van der Waals surface area contributed by atoms with E-state index in [2.05, 4.69) is 9.71 Å². The van der Waals surface area contributed by atoms with Crippen LogP contribution in [0.25, 0.3) is 16.2 Å². The van der Waals surface area contributed by atoms with Gasteiger partial charge < -0.3 is 0 Å². The summed E-state index contributed by atoms with van der Waals surface area (Å²) in [6.45, 7) is 1.92. The highest BCUT2D eigenvalue weighted by Gasteiger charge is 2.21. The largest absolute Gasteiger partial charge is 0.285 e. The van der Waals surface area contributed by atoms with Gasteiger partial charge in [0.1, 0.15) is 11.3 Å². The van der Waals surface area contributed by atoms with Gasteiger partial charge in [0.25, 0.3) is 10.0 Å². The number of aryl methyl sites for hydroxylation is 1. The Bertz CT molecular complexity index is 1130. The molecule has 4 aromatic rings. The first-order valence-electron chi connectivity index (χ1n) is 7.65. The SMILES string of the molecule is Cc1ccc(S(=O)(=O)Nc2c(-c3cccs3)nc3ccccn23)cc1. The van der Waals surface area contributed by atoms with Crippen LogP contribution in [0.5, 0.6) is 0 Å². The van der Waals surface area contributed by atoms with Gasteiger partial charge in [-0.2, -0.15) is 0 Å². The molecule has 0 unspecified atom stereocenters. The van der Waals surface area contributed by atoms with Crippen molar-refractivity contribution in [2.45, 2.75) is 11.8 Å². The summed E-state index contributed by atoms with van der Waals surface area (Å²) in [5.41, 5.74) is 2.32. The van der Waals surface area contributed by atoms with Crippen LogP contribution in [-0.2, 0) is 10.0 Å². The fraction of sp³-hybridized carbons (Fsp3) is 0.0556. The fourth-order valence-corrected chi connectivity index (χ4v) is 4.36. The van der Waals surface area contributed by atoms with Crippen LogP contribution in [0.15, 0.2) is 71.1 Å². The number of thiophene rings is 1. The second-order valence-corrected chi connectivity index (χ2v) is 8.26. The van der Waals surface area contributed by atoms with Gasteiger partial charge in [0.2, 0.25) is 0 Å². The Hall–Kier alpha value is -2.64. The minimum absolute atomic E-state index is 0.223. The molecule has 25 heavy (non-hydrogen) atoms. The number of rotatable bonds is 4. The molecule has 0 amide bonds. The maximum absolute atomic E-state index is 12.8. The van der Waals surface area contributed by atoms with Gasteiger partial charge in [0.05, 0.1) is 9.77 Å². The predicted molar refractivity (Wildman–Crippen MR) is 100 cm³/mol. The van der Waals surface area contributed by atoms with Gasteiger partial charge in [0, 0.05) is 6.20 Å². The van der Waals surface area contributed by atoms with E-state index in [9.17, 15) is 8.42 Å². The zero-order valence-electron chi connectivity index (χ0n) is 13.4. The average molecular weight is 369 g/mol. The summed E-state index contributed by atoms with van der Waals surface area (Å²) >= 11 is 1.52. The molecule has 5 nitrogen and oxygen atoms in total. The Kier molecular flexibility index (Phi) is 3.82. The summed E-state index contributed by atoms with van der Waals surface area (Å²) in [7, 11) is -3.71. The van der Waals surface area contributed by atoms with Crippen molar-refractivity contribution in [3.63, 3.8) is 0 Å². The number of sulfonamides is 1. The zero-order chi connectivity index (χ0) is 17.4. The minimum Gasteiger partial charge on any atom is -0.285 e. The molecule has 3 aromatic heterocycles. The fourth-order valence-electron chi connectivity index (χ4n) is 2.58. The number of aromatic nitrogens is 2. The highest BCUT2D eigenvalue weighted by Crippen LogP contribution is 2.33. The normalized spacial score (nSPS) is 11.7. The third-order valence-electron chi connectivity index (χ3n) is 3.85. The van der Waals surface area contributed by atoms with Crippen LogP contribution in [0.1, 0.15) is 5.56 Å². The van der Waals surface area contributed by atoms with E-state index in [1.807, 2.05) is 42.6 Å². The number of fused-ring (bicyclic) bond motifs is 1. The van der Waals surface area contributed by atoms with Gasteiger partial charge in [-0.3, -0.25) is 9.12 Å². The third-order valence-corrected chi connectivity index (χ3v) is 6.08. The van der Waals surface area contributed by atoms with Crippen molar-refractivity contribution < 1.29 is 8.42 Å². The number of anilines is 1. The summed E-state index contributed by atoms with van der Waals surface area (Å²) in [6, 6.07) is 16.2. The predicted octanol–water partition coefficient (Wildman–Crippen LogP) is 4.17. The molecule has 0 saturated carbocycles. The highest BCUT2D eigenvalue weighted by molar-refractivity contribution is 7.92. The summed E-state index contributed by atoms with van der Waals surface area (Å²) in [4.78, 5) is 5.72. The topological polar surface area (TPSA) is 63.5 Å². The molecule has 0 saturated heterocycles. The van der Waals surface area contributed by atoms with Crippen molar-refractivity contribution in [3.05, 3.63) is 71.7 Å². The maximum atomic E-state index is 12.8. The van der Waals surface area contributed by atoms with Gasteiger partial charge in [-0.05, 0) is 42.6 Å². The third kappa shape index (κ3) is 2.92. The summed E-state index contributed by atoms with van der Waals surface area (Å²) < 4.78 is 30.1. The molecule has 0 aliphatic rings. The van der Waals surface area contributed by atoms with Gasteiger partial charge in [-0.15, -0.1) is 11.3 Å². The van der Waals surface area contributed by atoms with Crippen LogP contribution >= 0.6 is 11.3 Å². The molecule has 1 aromatic carbocycles. The lowest BCUT2D eigenvalue weighted by Crippen LogP contribution is -2.14. The van der Waals surface area contributed by atoms with Gasteiger partial charge in [0.15, 0.2) is 5.82 Å². The van der Waals surface area contributed by atoms with Gasteiger partial charge >= 0.3 is 0 Å². The Balaban J connectivity index is 1.86. The van der Waals surface area contributed by atoms with Gasteiger partial charge in [-0.1, -0.05) is 29.8 Å². The number of benzene rings is 1. The van der Waals surface area contributed by atoms with E-state index in [0.717, 1.165) is 10.4 Å². The molecule has 4 rings (SSSR count). The van der Waals surface area contributed by atoms with E-state index in [1.54, 1.807) is 34.9 Å². The molecule has 7 heteroatoms. The molecule has 126 valence electrons. The van der Waals surface area contributed by atoms with E-state index in [4.69, 9.17) is 0 Å². The van der Waals surface area contributed by atoms with Crippen molar-refractivity contribution in [1.29, 1.82) is 0 Å². The molecule has 0 fully saturated rings. The monoisotopic (exact) mass is 369 g/mol. The number of hydrogen-bond donors (Lipinski definition) is 1. The minimum atomic E-state index is -3.71. The molecule has 1 N–H and O–H groups in total. The van der Waals surface area contributed by atoms with Crippen molar-refractivity contribution in [2.24, 2.45) is 0 Å². The van der Waals surface area contributed by atoms with Crippen LogP contribution in [0.4, 0.5) is 5.82 Å². The lowest BCUT2D eigenvalue weighted by atomic mass is 10.2. The Morgan fingerprint density at radius 1 is 1.04 bits per heavy atom. The standard InChI is InChI=1S/C18H15N3O2S2/c1-13-7-9-14(10-8-13)25(22,23)20-18-17(15-5-4-12-24-15)19-16-6-2-3-11-21(16)18/h2-12,20H,1H3. The molecule has 0 bridgehead atoms. The first-order chi connectivity index (χ1) is 12.0. The first kappa shape index (κ1) is 15.9. The molecular formula is C18H15N3O2S2. The van der Waals surface area contributed by atoms with Crippen LogP contribution in [0.3, 0.4) is 0 Å². The number of pyridine rings is 1. The molecule has 0 aliphatic heterocycles. The maximum Gasteiger partial charge on any atom is 0.263 e. The van der Waals surface area contributed by atoms with Crippen LogP contribution < -0.4 is 4.72 Å². The number of imidazole rings is 1. The highest BCUT2D eigenvalue weighted by atomic mass is 32.2. The lowest BCUT2D eigenvalue weighted by Gasteiger charge is -2.09. The molecule has 0 spiro atoms. The summed E-state index contributed by atoms with van der Waals surface area (Å²) in [5, 5.41) is 1.94. The zero-order valence-corrected chi connectivity index (χ0v) is 15.0. The van der Waals surface area contributed by atoms with Crippen molar-refractivity contribution in [2.75, 3.05) is 4.72 Å². The lowest BCUT2D eigenvalue weighted by molar-refractivity contribution is 0.601. The number of hydrogen-bond acceptors (Lipinski definition) is 4. The second-order valence-electron chi connectivity index (χ2n) is 5.63.